The summed E-state index contributed by atoms with van der Waals surface area (Å²) in [6.45, 7) is 8.72. The summed E-state index contributed by atoms with van der Waals surface area (Å²) in [5.41, 5.74) is 5.11. The SMILES string of the molecule is CC(C)(C)c1ccc(CNC(=O)c2n[nH]c3c2CNCC3)cc1. The number of nitrogens with zero attached hydrogens (tertiary/aromatic N) is 1. The first-order valence-electron chi connectivity index (χ1n) is 8.09. The molecule has 5 heteroatoms. The first kappa shape index (κ1) is 15.7. The fourth-order valence-corrected chi connectivity index (χ4v) is 2.80. The van der Waals surface area contributed by atoms with Gasteiger partial charge in [0.2, 0.25) is 0 Å². The minimum Gasteiger partial charge on any atom is -0.347 e. The number of H-pyrrole nitrogens is 1. The van der Waals surface area contributed by atoms with Gasteiger partial charge in [0.1, 0.15) is 0 Å². The third-order valence-electron chi connectivity index (χ3n) is 4.29. The smallest absolute Gasteiger partial charge is 0.272 e. The Morgan fingerprint density at radius 2 is 2.00 bits per heavy atom. The topological polar surface area (TPSA) is 69.8 Å². The first-order chi connectivity index (χ1) is 10.9. The van der Waals surface area contributed by atoms with Gasteiger partial charge in [0.05, 0.1) is 0 Å². The molecule has 0 aliphatic carbocycles. The van der Waals surface area contributed by atoms with E-state index in [0.29, 0.717) is 18.8 Å². The molecule has 0 spiro atoms. The Hall–Kier alpha value is -2.14. The van der Waals surface area contributed by atoms with E-state index in [2.05, 4.69) is 65.9 Å². The molecule has 23 heavy (non-hydrogen) atoms. The van der Waals surface area contributed by atoms with E-state index in [9.17, 15) is 4.79 Å². The highest BCUT2D eigenvalue weighted by molar-refractivity contribution is 5.94. The normalized spacial score (nSPS) is 14.4. The number of aromatic amines is 1. The van der Waals surface area contributed by atoms with Crippen molar-refractivity contribution in [1.82, 2.24) is 20.8 Å². The number of nitrogens with one attached hydrogen (secondary N) is 3. The summed E-state index contributed by atoms with van der Waals surface area (Å²) in [6.07, 6.45) is 0.893. The van der Waals surface area contributed by atoms with Crippen molar-refractivity contribution in [2.24, 2.45) is 0 Å². The van der Waals surface area contributed by atoms with E-state index < -0.39 is 0 Å². The number of carbonyl (C=O) groups excluding carboxylic acids is 1. The zero-order chi connectivity index (χ0) is 16.4. The minimum absolute atomic E-state index is 0.119. The third-order valence-corrected chi connectivity index (χ3v) is 4.29. The summed E-state index contributed by atoms with van der Waals surface area (Å²) in [7, 11) is 0. The second-order valence-corrected chi connectivity index (χ2v) is 7.09. The van der Waals surface area contributed by atoms with E-state index in [0.717, 1.165) is 29.8 Å². The predicted octanol–water partition coefficient (Wildman–Crippen LogP) is 2.28. The lowest BCUT2D eigenvalue weighted by Crippen LogP contribution is -2.28. The summed E-state index contributed by atoms with van der Waals surface area (Å²) in [5.74, 6) is -0.119. The van der Waals surface area contributed by atoms with Gasteiger partial charge in [0.25, 0.3) is 5.91 Å². The fraction of sp³-hybridized carbons (Fsp3) is 0.444. The molecule has 0 saturated heterocycles. The highest BCUT2D eigenvalue weighted by Crippen LogP contribution is 2.22. The average molecular weight is 312 g/mol. The zero-order valence-corrected chi connectivity index (χ0v) is 14.0. The summed E-state index contributed by atoms with van der Waals surface area (Å²) in [6, 6.07) is 8.40. The van der Waals surface area contributed by atoms with Gasteiger partial charge < -0.3 is 10.6 Å². The maximum Gasteiger partial charge on any atom is 0.272 e. The molecule has 1 amide bonds. The predicted molar refractivity (Wildman–Crippen MR) is 90.3 cm³/mol. The molecule has 0 fully saturated rings. The molecule has 122 valence electrons. The van der Waals surface area contributed by atoms with Crippen molar-refractivity contribution in [2.45, 2.75) is 45.7 Å². The molecule has 0 atom stereocenters. The van der Waals surface area contributed by atoms with Crippen LogP contribution in [-0.4, -0.2) is 22.6 Å². The van der Waals surface area contributed by atoms with E-state index in [1.807, 2.05) is 0 Å². The largest absolute Gasteiger partial charge is 0.347 e. The molecule has 1 aliphatic heterocycles. The Morgan fingerprint density at radius 1 is 1.26 bits per heavy atom. The molecule has 1 aromatic heterocycles. The van der Waals surface area contributed by atoms with Gasteiger partial charge in [-0.2, -0.15) is 5.10 Å². The maximum absolute atomic E-state index is 12.4. The lowest BCUT2D eigenvalue weighted by molar-refractivity contribution is 0.0944. The second-order valence-electron chi connectivity index (χ2n) is 7.09. The van der Waals surface area contributed by atoms with Crippen molar-refractivity contribution in [3.05, 3.63) is 52.3 Å². The van der Waals surface area contributed by atoms with E-state index in [1.54, 1.807) is 0 Å². The number of aromatic nitrogens is 2. The monoisotopic (exact) mass is 312 g/mol. The van der Waals surface area contributed by atoms with Gasteiger partial charge in [0.15, 0.2) is 5.69 Å². The standard InChI is InChI=1S/C18H24N4O/c1-18(2,3)13-6-4-12(5-7-13)10-20-17(23)16-14-11-19-9-8-15(14)21-22-16/h4-7,19H,8-11H2,1-3H3,(H,20,23)(H,21,22). The lowest BCUT2D eigenvalue weighted by Gasteiger charge is -2.19. The number of rotatable bonds is 3. The number of hydrogen-bond acceptors (Lipinski definition) is 3. The molecule has 3 N–H and O–H groups in total. The number of benzene rings is 1. The Bertz CT molecular complexity index is 695. The molecule has 0 bridgehead atoms. The van der Waals surface area contributed by atoms with Crippen molar-refractivity contribution >= 4 is 5.91 Å². The number of carbonyl (C=O) groups is 1. The molecule has 5 nitrogen and oxygen atoms in total. The molecule has 3 rings (SSSR count). The van der Waals surface area contributed by atoms with E-state index in [4.69, 9.17) is 0 Å². The van der Waals surface area contributed by atoms with Gasteiger partial charge in [0, 0.05) is 37.3 Å². The van der Waals surface area contributed by atoms with Crippen LogP contribution in [0.4, 0.5) is 0 Å². The molecule has 1 aliphatic rings. The number of amides is 1. The second kappa shape index (κ2) is 6.16. The van der Waals surface area contributed by atoms with E-state index >= 15 is 0 Å². The Balaban J connectivity index is 1.64. The summed E-state index contributed by atoms with van der Waals surface area (Å²) >= 11 is 0. The van der Waals surface area contributed by atoms with Crippen LogP contribution in [0, 0.1) is 0 Å². The quantitative estimate of drug-likeness (QED) is 0.814. The highest BCUT2D eigenvalue weighted by Gasteiger charge is 2.21. The fourth-order valence-electron chi connectivity index (χ4n) is 2.80. The van der Waals surface area contributed by atoms with Crippen LogP contribution in [0.1, 0.15) is 53.6 Å². The summed E-state index contributed by atoms with van der Waals surface area (Å²) < 4.78 is 0. The maximum atomic E-state index is 12.4. The molecule has 0 saturated carbocycles. The van der Waals surface area contributed by atoms with Gasteiger partial charge in [-0.05, 0) is 16.5 Å². The Kier molecular flexibility index (Phi) is 4.22. The van der Waals surface area contributed by atoms with Crippen molar-refractivity contribution in [1.29, 1.82) is 0 Å². The van der Waals surface area contributed by atoms with Crippen molar-refractivity contribution in [3.8, 4) is 0 Å². The van der Waals surface area contributed by atoms with Gasteiger partial charge in [-0.3, -0.25) is 9.89 Å². The van der Waals surface area contributed by atoms with Crippen LogP contribution >= 0.6 is 0 Å². The molecule has 2 aromatic rings. The molecule has 0 radical (unpaired) electrons. The first-order valence-corrected chi connectivity index (χ1v) is 8.09. The molecule has 1 aromatic carbocycles. The number of fused-ring (bicyclic) bond motifs is 1. The van der Waals surface area contributed by atoms with Gasteiger partial charge in [-0.15, -0.1) is 0 Å². The zero-order valence-electron chi connectivity index (χ0n) is 14.0. The molecule has 2 heterocycles. The minimum atomic E-state index is -0.119. The van der Waals surface area contributed by atoms with Crippen molar-refractivity contribution < 1.29 is 4.79 Å². The average Bonchev–Trinajstić information content (AvgIpc) is 2.96. The van der Waals surface area contributed by atoms with E-state index in [1.165, 1.54) is 5.56 Å². The van der Waals surface area contributed by atoms with Crippen molar-refractivity contribution in [2.75, 3.05) is 6.54 Å². The Morgan fingerprint density at radius 3 is 2.70 bits per heavy atom. The van der Waals surface area contributed by atoms with Crippen LogP contribution in [0.5, 0.6) is 0 Å². The van der Waals surface area contributed by atoms with Crippen LogP contribution in [0.25, 0.3) is 0 Å². The van der Waals surface area contributed by atoms with Crippen LogP contribution in [0.2, 0.25) is 0 Å². The van der Waals surface area contributed by atoms with E-state index in [-0.39, 0.29) is 11.3 Å². The van der Waals surface area contributed by atoms with Crippen molar-refractivity contribution in [3.63, 3.8) is 0 Å². The summed E-state index contributed by atoms with van der Waals surface area (Å²) in [5, 5.41) is 13.4. The number of hydrogen-bond donors (Lipinski definition) is 3. The molecule has 0 unspecified atom stereocenters. The third kappa shape index (κ3) is 3.45. The van der Waals surface area contributed by atoms with Crippen LogP contribution in [-0.2, 0) is 24.9 Å². The van der Waals surface area contributed by atoms with Crippen LogP contribution in [0.3, 0.4) is 0 Å². The van der Waals surface area contributed by atoms with Gasteiger partial charge in [-0.25, -0.2) is 0 Å². The van der Waals surface area contributed by atoms with Gasteiger partial charge in [-0.1, -0.05) is 45.0 Å². The van der Waals surface area contributed by atoms with Crippen LogP contribution in [0.15, 0.2) is 24.3 Å². The molecular formula is C18H24N4O. The lowest BCUT2D eigenvalue weighted by atomic mass is 9.87. The Labute approximate surface area is 136 Å². The molecular weight excluding hydrogens is 288 g/mol. The highest BCUT2D eigenvalue weighted by atomic mass is 16.1. The van der Waals surface area contributed by atoms with Gasteiger partial charge >= 0.3 is 0 Å². The van der Waals surface area contributed by atoms with Crippen LogP contribution < -0.4 is 10.6 Å². The summed E-state index contributed by atoms with van der Waals surface area (Å²) in [4.78, 5) is 12.4.